The van der Waals surface area contributed by atoms with Crippen LogP contribution in [-0.2, 0) is 0 Å². The van der Waals surface area contributed by atoms with E-state index in [0.29, 0.717) is 5.56 Å². The van der Waals surface area contributed by atoms with Gasteiger partial charge in [0.15, 0.2) is 0 Å². The van der Waals surface area contributed by atoms with Gasteiger partial charge in [-0.3, -0.25) is 4.79 Å². The van der Waals surface area contributed by atoms with Crippen LogP contribution >= 0.6 is 11.3 Å². The van der Waals surface area contributed by atoms with Gasteiger partial charge in [-0.1, -0.05) is 0 Å². The first kappa shape index (κ1) is 11.9. The fraction of sp³-hybridized carbons (Fsp3) is 0.154. The summed E-state index contributed by atoms with van der Waals surface area (Å²) in [5, 5.41) is 0.740. The highest BCUT2D eigenvalue weighted by atomic mass is 32.1. The molecule has 0 aromatic carbocycles. The van der Waals surface area contributed by atoms with Crippen molar-refractivity contribution in [3.05, 3.63) is 58.5 Å². The van der Waals surface area contributed by atoms with Crippen LogP contribution in [0.3, 0.4) is 0 Å². The minimum atomic E-state index is -0.112. The second-order valence-corrected chi connectivity index (χ2v) is 5.23. The minimum Gasteiger partial charge on any atom is -0.329 e. The number of nitrogens with one attached hydrogen (secondary N) is 1. The van der Waals surface area contributed by atoms with Crippen molar-refractivity contribution in [2.24, 2.45) is 0 Å². The van der Waals surface area contributed by atoms with E-state index in [9.17, 15) is 4.79 Å². The molecule has 5 nitrogen and oxygen atoms in total. The van der Waals surface area contributed by atoms with Crippen molar-refractivity contribution in [2.45, 2.75) is 13.0 Å². The van der Waals surface area contributed by atoms with Gasteiger partial charge in [-0.2, -0.15) is 0 Å². The van der Waals surface area contributed by atoms with E-state index in [1.807, 2.05) is 17.0 Å². The first-order valence-corrected chi connectivity index (χ1v) is 6.68. The zero-order valence-corrected chi connectivity index (χ0v) is 11.1. The van der Waals surface area contributed by atoms with Crippen LogP contribution in [-0.4, -0.2) is 19.5 Å². The largest absolute Gasteiger partial charge is 0.329 e. The number of imidazole rings is 1. The molecular weight excluding hydrogens is 260 g/mol. The molecule has 0 bridgehead atoms. The van der Waals surface area contributed by atoms with Gasteiger partial charge in [-0.05, 0) is 19.1 Å². The third-order valence-electron chi connectivity index (χ3n) is 2.96. The second kappa shape index (κ2) is 4.81. The van der Waals surface area contributed by atoms with Crippen molar-refractivity contribution in [2.75, 3.05) is 0 Å². The normalized spacial score (nSPS) is 12.5. The average molecular weight is 272 g/mol. The average Bonchev–Trinajstić information content (AvgIpc) is 3.10. The van der Waals surface area contributed by atoms with Crippen molar-refractivity contribution in [3.63, 3.8) is 0 Å². The van der Waals surface area contributed by atoms with Crippen molar-refractivity contribution in [1.82, 2.24) is 19.5 Å². The van der Waals surface area contributed by atoms with Gasteiger partial charge in [0.1, 0.15) is 5.01 Å². The molecule has 1 atom stereocenters. The van der Waals surface area contributed by atoms with E-state index in [2.05, 4.69) is 21.9 Å². The van der Waals surface area contributed by atoms with Gasteiger partial charge >= 0.3 is 0 Å². The first-order valence-electron chi connectivity index (χ1n) is 5.87. The Labute approximate surface area is 113 Å². The predicted octanol–water partition coefficient (Wildman–Crippen LogP) is 2.30. The second-order valence-electron chi connectivity index (χ2n) is 4.17. The lowest BCUT2D eigenvalue weighted by Crippen LogP contribution is -2.06. The molecule has 1 N–H and O–H groups in total. The van der Waals surface area contributed by atoms with E-state index >= 15 is 0 Å². The molecule has 3 aromatic rings. The quantitative estimate of drug-likeness (QED) is 0.795. The maximum Gasteiger partial charge on any atom is 0.258 e. The van der Waals surface area contributed by atoms with E-state index in [-0.39, 0.29) is 11.6 Å². The van der Waals surface area contributed by atoms with Crippen molar-refractivity contribution in [1.29, 1.82) is 0 Å². The lowest BCUT2D eigenvalue weighted by molar-refractivity contribution is 0.648. The monoisotopic (exact) mass is 272 g/mol. The van der Waals surface area contributed by atoms with Gasteiger partial charge in [-0.15, -0.1) is 11.3 Å². The number of pyridine rings is 1. The standard InChI is InChI=1S/C13H12N4OS/c1-9(17-6-5-14-8-17)11-7-16-13(19-11)10-3-2-4-15-12(10)18/h2-9H,1H3,(H,15,18). The molecule has 0 fully saturated rings. The summed E-state index contributed by atoms with van der Waals surface area (Å²) in [4.78, 5) is 23.9. The maximum absolute atomic E-state index is 11.7. The van der Waals surface area contributed by atoms with E-state index < -0.39 is 0 Å². The molecule has 1 unspecified atom stereocenters. The van der Waals surface area contributed by atoms with Gasteiger partial charge in [0.25, 0.3) is 5.56 Å². The predicted molar refractivity (Wildman–Crippen MR) is 74.2 cm³/mol. The Morgan fingerprint density at radius 1 is 1.47 bits per heavy atom. The summed E-state index contributed by atoms with van der Waals surface area (Å²) in [5.41, 5.74) is 0.496. The summed E-state index contributed by atoms with van der Waals surface area (Å²) in [6.07, 6.45) is 8.88. The molecule has 0 amide bonds. The summed E-state index contributed by atoms with van der Waals surface area (Å²) >= 11 is 1.53. The molecule has 0 aliphatic rings. The van der Waals surface area contributed by atoms with Crippen LogP contribution < -0.4 is 5.56 Å². The van der Waals surface area contributed by atoms with Crippen LogP contribution in [0.1, 0.15) is 17.8 Å². The summed E-state index contributed by atoms with van der Waals surface area (Å²) in [7, 11) is 0. The molecule has 0 aliphatic carbocycles. The van der Waals surface area contributed by atoms with E-state index in [1.165, 1.54) is 11.3 Å². The van der Waals surface area contributed by atoms with Gasteiger partial charge < -0.3 is 9.55 Å². The molecule has 0 radical (unpaired) electrons. The Hall–Kier alpha value is -2.21. The zero-order chi connectivity index (χ0) is 13.2. The van der Waals surface area contributed by atoms with Crippen LogP contribution in [0.15, 0.2) is 48.0 Å². The number of hydrogen-bond acceptors (Lipinski definition) is 4. The van der Waals surface area contributed by atoms with Crippen LogP contribution in [0, 0.1) is 0 Å². The number of aromatic nitrogens is 4. The lowest BCUT2D eigenvalue weighted by Gasteiger charge is -2.09. The van der Waals surface area contributed by atoms with Crippen molar-refractivity contribution < 1.29 is 0 Å². The number of thiazole rings is 1. The molecule has 96 valence electrons. The molecule has 0 spiro atoms. The number of nitrogens with zero attached hydrogens (tertiary/aromatic N) is 3. The Balaban J connectivity index is 1.96. The minimum absolute atomic E-state index is 0.112. The number of H-pyrrole nitrogens is 1. The van der Waals surface area contributed by atoms with E-state index in [1.54, 1.807) is 30.9 Å². The Kier molecular flexibility index (Phi) is 3.00. The molecule has 3 heterocycles. The van der Waals surface area contributed by atoms with Crippen molar-refractivity contribution >= 4 is 11.3 Å². The Morgan fingerprint density at radius 3 is 3.11 bits per heavy atom. The summed E-state index contributed by atoms with van der Waals surface area (Å²) in [6, 6.07) is 3.75. The lowest BCUT2D eigenvalue weighted by atomic mass is 10.3. The van der Waals surface area contributed by atoms with E-state index in [4.69, 9.17) is 0 Å². The molecule has 3 aromatic heterocycles. The fourth-order valence-corrected chi connectivity index (χ4v) is 2.84. The maximum atomic E-state index is 11.7. The molecule has 19 heavy (non-hydrogen) atoms. The highest BCUT2D eigenvalue weighted by Crippen LogP contribution is 2.28. The SMILES string of the molecule is CC(c1cnc(-c2ccc[nH]c2=O)s1)n1ccnc1. The van der Waals surface area contributed by atoms with Gasteiger partial charge in [0, 0.05) is 29.7 Å². The number of rotatable bonds is 3. The van der Waals surface area contributed by atoms with Crippen LogP contribution in [0.2, 0.25) is 0 Å². The summed E-state index contributed by atoms with van der Waals surface area (Å²) in [6.45, 7) is 2.08. The summed E-state index contributed by atoms with van der Waals surface area (Å²) < 4.78 is 2.01. The fourth-order valence-electron chi connectivity index (χ4n) is 1.84. The number of aromatic amines is 1. The molecule has 0 saturated heterocycles. The van der Waals surface area contributed by atoms with Crippen molar-refractivity contribution in [3.8, 4) is 10.6 Å². The highest BCUT2D eigenvalue weighted by Gasteiger charge is 2.13. The third kappa shape index (κ3) is 2.22. The van der Waals surface area contributed by atoms with Crippen LogP contribution in [0.25, 0.3) is 10.6 Å². The van der Waals surface area contributed by atoms with E-state index in [0.717, 1.165) is 9.88 Å². The first-order chi connectivity index (χ1) is 9.25. The highest BCUT2D eigenvalue weighted by molar-refractivity contribution is 7.15. The zero-order valence-electron chi connectivity index (χ0n) is 10.3. The van der Waals surface area contributed by atoms with Gasteiger partial charge in [0.2, 0.25) is 0 Å². The molecule has 3 rings (SSSR count). The van der Waals surface area contributed by atoms with Gasteiger partial charge in [0.05, 0.1) is 17.9 Å². The number of hydrogen-bond donors (Lipinski definition) is 1. The Bertz CT molecular complexity index is 729. The molecule has 0 saturated carbocycles. The summed E-state index contributed by atoms with van der Waals surface area (Å²) in [5.74, 6) is 0. The topological polar surface area (TPSA) is 63.6 Å². The smallest absolute Gasteiger partial charge is 0.258 e. The molecular formula is C13H12N4OS. The van der Waals surface area contributed by atoms with Crippen LogP contribution in [0.4, 0.5) is 0 Å². The third-order valence-corrected chi connectivity index (χ3v) is 4.16. The molecule has 6 heteroatoms. The molecule has 0 aliphatic heterocycles. The van der Waals surface area contributed by atoms with Gasteiger partial charge in [-0.25, -0.2) is 9.97 Å². The van der Waals surface area contributed by atoms with Crippen LogP contribution in [0.5, 0.6) is 0 Å². The Morgan fingerprint density at radius 2 is 2.37 bits per heavy atom.